The Morgan fingerprint density at radius 3 is 2.49 bits per heavy atom. The van der Waals surface area contributed by atoms with Crippen LogP contribution in [-0.4, -0.2) is 58.1 Å². The van der Waals surface area contributed by atoms with E-state index in [1.807, 2.05) is 79.7 Å². The number of carbonyl (C=O) groups is 3. The van der Waals surface area contributed by atoms with Crippen molar-refractivity contribution in [1.29, 1.82) is 0 Å². The van der Waals surface area contributed by atoms with Crippen LogP contribution in [0, 0.1) is 11.8 Å². The number of fused-ring (bicyclic) bond motifs is 2. The fourth-order valence-electron chi connectivity index (χ4n) is 7.42. The molecule has 3 aromatic carbocycles. The van der Waals surface area contributed by atoms with Gasteiger partial charge in [-0.2, -0.15) is 0 Å². The van der Waals surface area contributed by atoms with Gasteiger partial charge in [-0.05, 0) is 60.6 Å². The van der Waals surface area contributed by atoms with E-state index in [0.717, 1.165) is 16.3 Å². The van der Waals surface area contributed by atoms with Crippen molar-refractivity contribution in [3.05, 3.63) is 78.4 Å². The topological polar surface area (TPSA) is 108 Å². The summed E-state index contributed by atoms with van der Waals surface area (Å²) >= 11 is 0. The Hall–Kier alpha value is -3.75. The Kier molecular flexibility index (Phi) is 7.30. The molecule has 5 atom stereocenters. The van der Waals surface area contributed by atoms with Crippen molar-refractivity contribution < 1.29 is 24.2 Å². The highest BCUT2D eigenvalue weighted by molar-refractivity contribution is 6.04. The Morgan fingerprint density at radius 1 is 0.976 bits per heavy atom. The maximum absolute atomic E-state index is 14.2. The number of aliphatic hydroxyl groups excluding tert-OH is 1. The number of benzene rings is 3. The smallest absolute Gasteiger partial charge is 0.250 e. The fraction of sp³-hybridized carbons (Fsp3) is 0.424. The van der Waals surface area contributed by atoms with Crippen LogP contribution in [0.1, 0.15) is 44.6 Å². The van der Waals surface area contributed by atoms with Gasteiger partial charge in [-0.15, -0.1) is 0 Å². The molecule has 8 nitrogen and oxygen atoms in total. The Balaban J connectivity index is 1.32. The lowest BCUT2D eigenvalue weighted by Gasteiger charge is -2.34. The average Bonchev–Trinajstić information content (AvgIpc) is 3.60. The van der Waals surface area contributed by atoms with Gasteiger partial charge in [-0.25, -0.2) is 0 Å². The van der Waals surface area contributed by atoms with Gasteiger partial charge in [0.05, 0.1) is 17.4 Å². The van der Waals surface area contributed by atoms with E-state index in [9.17, 15) is 19.5 Å². The number of nitrogens with zero attached hydrogens (tertiary/aromatic N) is 1. The first-order valence-electron chi connectivity index (χ1n) is 14.7. The Bertz CT molecular complexity index is 1460. The molecule has 0 radical (unpaired) electrons. The van der Waals surface area contributed by atoms with Crippen molar-refractivity contribution in [3.8, 4) is 0 Å². The number of hydrogen-bond donors (Lipinski definition) is 3. The van der Waals surface area contributed by atoms with Gasteiger partial charge in [-0.3, -0.25) is 14.4 Å². The van der Waals surface area contributed by atoms with Crippen molar-refractivity contribution >= 4 is 34.2 Å². The molecule has 3 N–H and O–H groups in total. The van der Waals surface area contributed by atoms with Gasteiger partial charge in [-0.1, -0.05) is 67.6 Å². The zero-order valence-corrected chi connectivity index (χ0v) is 23.3. The number of anilines is 1. The van der Waals surface area contributed by atoms with Crippen LogP contribution in [0.2, 0.25) is 0 Å². The summed E-state index contributed by atoms with van der Waals surface area (Å²) in [6.07, 6.45) is 2.79. The monoisotopic (exact) mass is 555 g/mol. The summed E-state index contributed by atoms with van der Waals surface area (Å²) in [5.74, 6) is -2.15. The summed E-state index contributed by atoms with van der Waals surface area (Å²) in [6, 6.07) is 22.5. The van der Waals surface area contributed by atoms with E-state index >= 15 is 0 Å². The number of rotatable bonds is 10. The molecule has 3 aromatic rings. The third-order valence-electron chi connectivity index (χ3n) is 9.35. The molecule has 1 spiro atoms. The van der Waals surface area contributed by atoms with Crippen molar-refractivity contribution in [2.45, 2.75) is 62.8 Å². The van der Waals surface area contributed by atoms with Gasteiger partial charge in [0.2, 0.25) is 17.7 Å². The largest absolute Gasteiger partial charge is 0.396 e. The van der Waals surface area contributed by atoms with Crippen LogP contribution >= 0.6 is 0 Å². The number of likely N-dealkylation sites (tertiary alicyclic amines) is 1. The maximum atomic E-state index is 14.2. The number of amides is 3. The van der Waals surface area contributed by atoms with E-state index in [1.54, 1.807) is 4.90 Å². The highest BCUT2D eigenvalue weighted by atomic mass is 16.5. The summed E-state index contributed by atoms with van der Waals surface area (Å²) in [7, 11) is 0. The van der Waals surface area contributed by atoms with E-state index in [1.165, 1.54) is 0 Å². The first kappa shape index (κ1) is 27.4. The van der Waals surface area contributed by atoms with E-state index in [2.05, 4.69) is 10.6 Å². The van der Waals surface area contributed by atoms with E-state index < -0.39 is 29.1 Å². The Labute approximate surface area is 240 Å². The van der Waals surface area contributed by atoms with Crippen LogP contribution in [0.15, 0.2) is 72.8 Å². The first-order chi connectivity index (χ1) is 19.9. The number of aliphatic hydroxyl groups is 1. The second kappa shape index (κ2) is 10.9. The lowest BCUT2D eigenvalue weighted by atomic mass is 9.65. The SMILES string of the molecule is CC[C@@]12CCC3(O1)C(C(=O)Nc1ccc4ccccc4c1)N(CCCCO)C(=O)[C@@H]3[C@@H]2C(=O)NCc1ccccc1. The lowest BCUT2D eigenvalue weighted by molar-refractivity contribution is -0.146. The Morgan fingerprint density at radius 2 is 1.73 bits per heavy atom. The average molecular weight is 556 g/mol. The minimum atomic E-state index is -1.08. The summed E-state index contributed by atoms with van der Waals surface area (Å²) in [6.45, 7) is 2.67. The molecule has 0 aromatic heterocycles. The molecular formula is C33H37N3O5. The molecule has 3 aliphatic heterocycles. The predicted molar refractivity (Wildman–Crippen MR) is 156 cm³/mol. The standard InChI is InChI=1S/C33H37N3O5/c1-2-32-16-17-33(41-32)27(26(32)29(38)34-21-22-10-4-3-5-11-22)31(40)36(18-8-9-19-37)28(33)30(39)35-25-15-14-23-12-6-7-13-24(23)20-25/h3-7,10-15,20,26-28,37H,2,8-9,16-19,21H2,1H3,(H,34,38)(H,35,39)/t26-,27+,28?,32+,33?/m1/s1. The molecule has 0 saturated carbocycles. The zero-order valence-electron chi connectivity index (χ0n) is 23.3. The lowest BCUT2D eigenvalue weighted by Crippen LogP contribution is -2.53. The maximum Gasteiger partial charge on any atom is 0.250 e. The van der Waals surface area contributed by atoms with Crippen LogP contribution in [0.3, 0.4) is 0 Å². The number of carbonyl (C=O) groups excluding carboxylic acids is 3. The summed E-state index contributed by atoms with van der Waals surface area (Å²) in [5, 5.41) is 17.6. The van der Waals surface area contributed by atoms with Crippen molar-refractivity contribution in [1.82, 2.24) is 10.2 Å². The molecule has 3 heterocycles. The van der Waals surface area contributed by atoms with Crippen molar-refractivity contribution in [2.24, 2.45) is 11.8 Å². The molecule has 0 aliphatic carbocycles. The van der Waals surface area contributed by atoms with Crippen LogP contribution in [0.4, 0.5) is 5.69 Å². The number of nitrogens with one attached hydrogen (secondary N) is 2. The van der Waals surface area contributed by atoms with E-state index in [0.29, 0.717) is 50.9 Å². The molecule has 3 amide bonds. The first-order valence-corrected chi connectivity index (χ1v) is 14.7. The quantitative estimate of drug-likeness (QED) is 0.328. The van der Waals surface area contributed by atoms with Gasteiger partial charge in [0, 0.05) is 25.4 Å². The molecule has 214 valence electrons. The molecule has 3 saturated heterocycles. The molecule has 2 bridgehead atoms. The number of unbranched alkanes of at least 4 members (excludes halogenated alkanes) is 1. The molecule has 8 heteroatoms. The summed E-state index contributed by atoms with van der Waals surface area (Å²) in [5.41, 5.74) is -0.255. The minimum Gasteiger partial charge on any atom is -0.396 e. The molecule has 6 rings (SSSR count). The number of hydrogen-bond acceptors (Lipinski definition) is 5. The third kappa shape index (κ3) is 4.59. The van der Waals surface area contributed by atoms with Gasteiger partial charge in [0.25, 0.3) is 0 Å². The molecule has 2 unspecified atom stereocenters. The van der Waals surface area contributed by atoms with Gasteiger partial charge in [0.15, 0.2) is 0 Å². The highest BCUT2D eigenvalue weighted by Gasteiger charge is 2.78. The van der Waals surface area contributed by atoms with E-state index in [-0.39, 0.29) is 24.3 Å². The normalized spacial score (nSPS) is 28.2. The van der Waals surface area contributed by atoms with Crippen LogP contribution in [0.25, 0.3) is 10.8 Å². The predicted octanol–water partition coefficient (Wildman–Crippen LogP) is 4.02. The fourth-order valence-corrected chi connectivity index (χ4v) is 7.42. The van der Waals surface area contributed by atoms with Crippen molar-refractivity contribution in [3.63, 3.8) is 0 Å². The highest BCUT2D eigenvalue weighted by Crippen LogP contribution is 2.64. The van der Waals surface area contributed by atoms with Crippen LogP contribution in [0.5, 0.6) is 0 Å². The number of ether oxygens (including phenoxy) is 1. The third-order valence-corrected chi connectivity index (χ3v) is 9.35. The molecular weight excluding hydrogens is 518 g/mol. The van der Waals surface area contributed by atoms with Gasteiger partial charge < -0.3 is 25.4 Å². The zero-order chi connectivity index (χ0) is 28.6. The van der Waals surface area contributed by atoms with Gasteiger partial charge >= 0.3 is 0 Å². The summed E-state index contributed by atoms with van der Waals surface area (Å²) in [4.78, 5) is 43.7. The van der Waals surface area contributed by atoms with Crippen LogP contribution < -0.4 is 10.6 Å². The second-order valence-electron chi connectivity index (χ2n) is 11.6. The van der Waals surface area contributed by atoms with E-state index in [4.69, 9.17) is 4.74 Å². The van der Waals surface area contributed by atoms with Gasteiger partial charge in [0.1, 0.15) is 11.6 Å². The van der Waals surface area contributed by atoms with Crippen molar-refractivity contribution in [2.75, 3.05) is 18.5 Å². The summed E-state index contributed by atoms with van der Waals surface area (Å²) < 4.78 is 6.82. The van der Waals surface area contributed by atoms with Crippen LogP contribution in [-0.2, 0) is 25.7 Å². The second-order valence-corrected chi connectivity index (χ2v) is 11.6. The molecule has 3 aliphatic rings. The minimum absolute atomic E-state index is 0.00448. The molecule has 3 fully saturated rings. The molecule has 41 heavy (non-hydrogen) atoms.